The van der Waals surface area contributed by atoms with Gasteiger partial charge in [0.15, 0.2) is 0 Å². The minimum absolute atomic E-state index is 0.0297. The van der Waals surface area contributed by atoms with Crippen molar-refractivity contribution < 1.29 is 9.72 Å². The molecule has 28 heavy (non-hydrogen) atoms. The summed E-state index contributed by atoms with van der Waals surface area (Å²) in [5.41, 5.74) is 3.39. The van der Waals surface area contributed by atoms with E-state index in [9.17, 15) is 14.9 Å². The van der Waals surface area contributed by atoms with Crippen molar-refractivity contribution in [3.8, 4) is 0 Å². The Morgan fingerprint density at radius 2 is 1.61 bits per heavy atom. The van der Waals surface area contributed by atoms with Crippen LogP contribution in [0.3, 0.4) is 0 Å². The number of anilines is 1. The van der Waals surface area contributed by atoms with E-state index in [0.717, 1.165) is 23.2 Å². The summed E-state index contributed by atoms with van der Waals surface area (Å²) in [5.74, 6) is -0.0476. The fourth-order valence-electron chi connectivity index (χ4n) is 3.46. The third-order valence-electron chi connectivity index (χ3n) is 4.93. The summed E-state index contributed by atoms with van der Waals surface area (Å²) >= 11 is 0. The van der Waals surface area contributed by atoms with Crippen molar-refractivity contribution in [1.82, 2.24) is 4.90 Å². The van der Waals surface area contributed by atoms with E-state index in [1.165, 1.54) is 12.1 Å². The topological polar surface area (TPSA) is 75.5 Å². The first-order chi connectivity index (χ1) is 13.6. The number of hydrogen-bond acceptors (Lipinski definition) is 4. The summed E-state index contributed by atoms with van der Waals surface area (Å²) in [6.07, 6.45) is 0.340. The van der Waals surface area contributed by atoms with Gasteiger partial charge in [0.25, 0.3) is 11.6 Å². The van der Waals surface area contributed by atoms with Gasteiger partial charge in [0.05, 0.1) is 10.5 Å². The molecule has 140 valence electrons. The number of benzene rings is 3. The van der Waals surface area contributed by atoms with Gasteiger partial charge >= 0.3 is 0 Å². The van der Waals surface area contributed by atoms with E-state index in [2.05, 4.69) is 5.32 Å². The Labute approximate surface area is 162 Å². The van der Waals surface area contributed by atoms with Crippen LogP contribution in [0.25, 0.3) is 0 Å². The highest BCUT2D eigenvalue weighted by Gasteiger charge is 2.32. The maximum Gasteiger partial charge on any atom is 0.269 e. The summed E-state index contributed by atoms with van der Waals surface area (Å²) in [6.45, 7) is 0.534. The molecule has 1 atom stereocenters. The Kier molecular flexibility index (Phi) is 4.76. The molecular weight excluding hydrogens is 354 g/mol. The SMILES string of the molecule is O=C1c2ccccc2NC(c2ccc([N+](=O)[O-])cc2)N1CCc1ccccc1. The molecule has 0 bridgehead atoms. The van der Waals surface area contributed by atoms with Crippen LogP contribution in [0.4, 0.5) is 11.4 Å². The Morgan fingerprint density at radius 3 is 2.32 bits per heavy atom. The van der Waals surface area contributed by atoms with Crippen molar-refractivity contribution in [2.45, 2.75) is 12.6 Å². The lowest BCUT2D eigenvalue weighted by molar-refractivity contribution is -0.384. The van der Waals surface area contributed by atoms with Crippen LogP contribution >= 0.6 is 0 Å². The zero-order valence-corrected chi connectivity index (χ0v) is 15.1. The second kappa shape index (κ2) is 7.52. The van der Waals surface area contributed by atoms with E-state index >= 15 is 0 Å². The number of fused-ring (bicyclic) bond motifs is 1. The van der Waals surface area contributed by atoms with Gasteiger partial charge in [0.2, 0.25) is 0 Å². The number of para-hydroxylation sites is 1. The van der Waals surface area contributed by atoms with E-state index in [4.69, 9.17) is 0 Å². The molecule has 1 aliphatic heterocycles. The van der Waals surface area contributed by atoms with Crippen LogP contribution in [0.1, 0.15) is 27.7 Å². The third-order valence-corrected chi connectivity index (χ3v) is 4.93. The third kappa shape index (κ3) is 3.44. The maximum atomic E-state index is 13.2. The molecule has 0 fully saturated rings. The van der Waals surface area contributed by atoms with Gasteiger partial charge in [-0.15, -0.1) is 0 Å². The average Bonchev–Trinajstić information content (AvgIpc) is 2.74. The van der Waals surface area contributed by atoms with Crippen LogP contribution in [0.2, 0.25) is 0 Å². The van der Waals surface area contributed by atoms with Crippen LogP contribution in [-0.2, 0) is 6.42 Å². The number of nitro benzene ring substituents is 1. The van der Waals surface area contributed by atoms with Crippen LogP contribution < -0.4 is 5.32 Å². The van der Waals surface area contributed by atoms with Crippen LogP contribution in [0.5, 0.6) is 0 Å². The van der Waals surface area contributed by atoms with E-state index < -0.39 is 4.92 Å². The first kappa shape index (κ1) is 17.7. The number of amides is 1. The molecule has 3 aromatic carbocycles. The first-order valence-electron chi connectivity index (χ1n) is 9.08. The lowest BCUT2D eigenvalue weighted by Crippen LogP contribution is -2.43. The number of nitrogens with one attached hydrogen (secondary N) is 1. The highest BCUT2D eigenvalue weighted by molar-refractivity contribution is 6.01. The van der Waals surface area contributed by atoms with Crippen LogP contribution in [0.15, 0.2) is 78.9 Å². The minimum atomic E-state index is -0.425. The van der Waals surface area contributed by atoms with Crippen molar-refractivity contribution in [1.29, 1.82) is 0 Å². The molecule has 0 saturated carbocycles. The molecule has 6 heteroatoms. The van der Waals surface area contributed by atoms with Gasteiger partial charge in [-0.05, 0) is 41.8 Å². The van der Waals surface area contributed by atoms with E-state index in [0.29, 0.717) is 12.1 Å². The molecule has 1 aliphatic rings. The Bertz CT molecular complexity index is 1000. The van der Waals surface area contributed by atoms with Gasteiger partial charge in [-0.1, -0.05) is 42.5 Å². The van der Waals surface area contributed by atoms with Gasteiger partial charge in [-0.2, -0.15) is 0 Å². The summed E-state index contributed by atoms with van der Waals surface area (Å²) in [4.78, 5) is 25.5. The van der Waals surface area contributed by atoms with Gasteiger partial charge < -0.3 is 10.2 Å². The molecule has 3 aromatic rings. The fraction of sp³-hybridized carbons (Fsp3) is 0.136. The smallest absolute Gasteiger partial charge is 0.269 e. The number of carbonyl (C=O) groups is 1. The normalized spacial score (nSPS) is 15.6. The predicted octanol–water partition coefficient (Wildman–Crippen LogP) is 4.40. The van der Waals surface area contributed by atoms with Gasteiger partial charge in [0.1, 0.15) is 6.17 Å². The lowest BCUT2D eigenvalue weighted by Gasteiger charge is -2.38. The Hall–Kier alpha value is -3.67. The van der Waals surface area contributed by atoms with Crippen molar-refractivity contribution in [3.63, 3.8) is 0 Å². The minimum Gasteiger partial charge on any atom is -0.361 e. The molecule has 1 heterocycles. The summed E-state index contributed by atoms with van der Waals surface area (Å²) in [5, 5.41) is 14.4. The molecule has 0 spiro atoms. The van der Waals surface area contributed by atoms with Crippen LogP contribution in [-0.4, -0.2) is 22.3 Å². The predicted molar refractivity (Wildman–Crippen MR) is 107 cm³/mol. The summed E-state index contributed by atoms with van der Waals surface area (Å²) in [6, 6.07) is 23.8. The highest BCUT2D eigenvalue weighted by atomic mass is 16.6. The molecule has 0 saturated heterocycles. The quantitative estimate of drug-likeness (QED) is 0.531. The zero-order chi connectivity index (χ0) is 19.5. The number of non-ortho nitro benzene ring substituents is 1. The standard InChI is InChI=1S/C22H19N3O3/c26-22-19-8-4-5-9-20(19)23-21(17-10-12-18(13-11-17)25(27)28)24(22)15-14-16-6-2-1-3-7-16/h1-13,21,23H,14-15H2. The average molecular weight is 373 g/mol. The number of hydrogen-bond donors (Lipinski definition) is 1. The lowest BCUT2D eigenvalue weighted by atomic mass is 10.0. The number of rotatable bonds is 5. The number of nitro groups is 1. The van der Waals surface area contributed by atoms with Gasteiger partial charge in [-0.25, -0.2) is 0 Å². The van der Waals surface area contributed by atoms with E-state index in [1.54, 1.807) is 17.0 Å². The van der Waals surface area contributed by atoms with Crippen molar-refractivity contribution >= 4 is 17.3 Å². The molecule has 6 nitrogen and oxygen atoms in total. The Morgan fingerprint density at radius 1 is 0.929 bits per heavy atom. The number of carbonyl (C=O) groups excluding carboxylic acids is 1. The van der Waals surface area contributed by atoms with Crippen molar-refractivity contribution in [3.05, 3.63) is 106 Å². The first-order valence-corrected chi connectivity index (χ1v) is 9.08. The second-order valence-corrected chi connectivity index (χ2v) is 6.68. The second-order valence-electron chi connectivity index (χ2n) is 6.68. The van der Waals surface area contributed by atoms with Gasteiger partial charge in [-0.3, -0.25) is 14.9 Å². The molecule has 0 radical (unpaired) electrons. The maximum absolute atomic E-state index is 13.2. The molecule has 4 rings (SSSR count). The highest BCUT2D eigenvalue weighted by Crippen LogP contribution is 2.33. The largest absolute Gasteiger partial charge is 0.361 e. The van der Waals surface area contributed by atoms with Crippen molar-refractivity contribution in [2.24, 2.45) is 0 Å². The van der Waals surface area contributed by atoms with E-state index in [-0.39, 0.29) is 17.8 Å². The fourth-order valence-corrected chi connectivity index (χ4v) is 3.46. The monoisotopic (exact) mass is 373 g/mol. The van der Waals surface area contributed by atoms with Crippen molar-refractivity contribution in [2.75, 3.05) is 11.9 Å². The molecule has 0 aliphatic carbocycles. The molecule has 0 aromatic heterocycles. The summed E-state index contributed by atoms with van der Waals surface area (Å²) < 4.78 is 0. The molecule has 1 amide bonds. The number of nitrogens with zero attached hydrogens (tertiary/aromatic N) is 2. The zero-order valence-electron chi connectivity index (χ0n) is 15.1. The van der Waals surface area contributed by atoms with Crippen LogP contribution in [0, 0.1) is 10.1 Å². The van der Waals surface area contributed by atoms with E-state index in [1.807, 2.05) is 54.6 Å². The molecular formula is C22H19N3O3. The molecule has 1 N–H and O–H groups in total. The van der Waals surface area contributed by atoms with Gasteiger partial charge in [0, 0.05) is 24.4 Å². The summed E-state index contributed by atoms with van der Waals surface area (Å²) in [7, 11) is 0. The Balaban J connectivity index is 1.66. The molecule has 1 unspecified atom stereocenters.